The zero-order chi connectivity index (χ0) is 15.2. The van der Waals surface area contributed by atoms with Gasteiger partial charge in [0.25, 0.3) is 0 Å². The van der Waals surface area contributed by atoms with Crippen molar-refractivity contribution < 1.29 is 14.3 Å². The first-order valence-corrected chi connectivity index (χ1v) is 7.50. The summed E-state index contributed by atoms with van der Waals surface area (Å²) in [4.78, 5) is 25.8. The molecule has 2 aliphatic rings. The van der Waals surface area contributed by atoms with Crippen molar-refractivity contribution in [1.29, 1.82) is 0 Å². The molecule has 0 saturated carbocycles. The maximum absolute atomic E-state index is 12.5. The van der Waals surface area contributed by atoms with E-state index in [1.165, 1.54) is 0 Å². The predicted molar refractivity (Wildman–Crippen MR) is 79.7 cm³/mol. The van der Waals surface area contributed by atoms with E-state index < -0.39 is 5.60 Å². The standard InChI is InChI=1S/C17H21NO3/c1-11-4-5-14-15(20)10-17(21-16(14)12(11)2)6-8-18(9-7-17)13(3)19/h4-5H,6-10H2,1-3H3. The molecule has 21 heavy (non-hydrogen) atoms. The summed E-state index contributed by atoms with van der Waals surface area (Å²) in [6, 6.07) is 3.85. The highest BCUT2D eigenvalue weighted by molar-refractivity contribution is 6.01. The Balaban J connectivity index is 1.90. The first-order chi connectivity index (χ1) is 9.92. The zero-order valence-electron chi connectivity index (χ0n) is 12.9. The lowest BCUT2D eigenvalue weighted by atomic mass is 9.81. The third kappa shape index (κ3) is 2.33. The molecule has 4 nitrogen and oxygen atoms in total. The smallest absolute Gasteiger partial charge is 0.219 e. The number of likely N-dealkylation sites (tertiary alicyclic amines) is 1. The Labute approximate surface area is 125 Å². The third-order valence-electron chi connectivity index (χ3n) is 4.90. The predicted octanol–water partition coefficient (Wildman–Crippen LogP) is 2.65. The van der Waals surface area contributed by atoms with Crippen molar-refractivity contribution in [2.45, 2.75) is 45.6 Å². The van der Waals surface area contributed by atoms with Crippen LogP contribution in [-0.2, 0) is 4.79 Å². The van der Waals surface area contributed by atoms with E-state index in [4.69, 9.17) is 4.74 Å². The van der Waals surface area contributed by atoms with Crippen LogP contribution in [0.3, 0.4) is 0 Å². The summed E-state index contributed by atoms with van der Waals surface area (Å²) in [5, 5.41) is 0. The number of aryl methyl sites for hydroxylation is 1. The van der Waals surface area contributed by atoms with Gasteiger partial charge in [-0.15, -0.1) is 0 Å². The number of nitrogens with zero attached hydrogens (tertiary/aromatic N) is 1. The van der Waals surface area contributed by atoms with E-state index in [0.29, 0.717) is 25.1 Å². The van der Waals surface area contributed by atoms with Crippen LogP contribution >= 0.6 is 0 Å². The number of fused-ring (bicyclic) bond motifs is 1. The van der Waals surface area contributed by atoms with Crippen LogP contribution in [0.1, 0.15) is 47.7 Å². The summed E-state index contributed by atoms with van der Waals surface area (Å²) in [5.74, 6) is 1.01. The SMILES string of the molecule is CC(=O)N1CCC2(CC1)CC(=O)c1ccc(C)c(C)c1O2. The Hall–Kier alpha value is -1.84. The molecular weight excluding hydrogens is 266 g/mol. The average molecular weight is 287 g/mol. The van der Waals surface area contributed by atoms with Crippen molar-refractivity contribution in [3.05, 3.63) is 28.8 Å². The topological polar surface area (TPSA) is 46.6 Å². The zero-order valence-corrected chi connectivity index (χ0v) is 12.9. The molecule has 0 N–H and O–H groups in total. The van der Waals surface area contributed by atoms with Crippen molar-refractivity contribution in [3.8, 4) is 5.75 Å². The van der Waals surface area contributed by atoms with Gasteiger partial charge in [-0.3, -0.25) is 9.59 Å². The van der Waals surface area contributed by atoms with Gasteiger partial charge in [-0.05, 0) is 31.0 Å². The molecule has 1 fully saturated rings. The molecule has 1 aromatic carbocycles. The van der Waals surface area contributed by atoms with Gasteiger partial charge in [0.15, 0.2) is 5.78 Å². The summed E-state index contributed by atoms with van der Waals surface area (Å²) < 4.78 is 6.31. The molecule has 0 aliphatic carbocycles. The summed E-state index contributed by atoms with van der Waals surface area (Å²) in [7, 11) is 0. The number of rotatable bonds is 0. The maximum Gasteiger partial charge on any atom is 0.219 e. The van der Waals surface area contributed by atoms with E-state index in [9.17, 15) is 9.59 Å². The second-order valence-electron chi connectivity index (χ2n) is 6.28. The largest absolute Gasteiger partial charge is 0.486 e. The second kappa shape index (κ2) is 4.86. The van der Waals surface area contributed by atoms with Crippen LogP contribution in [0.5, 0.6) is 5.75 Å². The number of hydrogen-bond donors (Lipinski definition) is 0. The van der Waals surface area contributed by atoms with Gasteiger partial charge in [0.1, 0.15) is 11.4 Å². The van der Waals surface area contributed by atoms with E-state index >= 15 is 0 Å². The van der Waals surface area contributed by atoms with E-state index in [1.807, 2.05) is 30.9 Å². The molecule has 0 atom stereocenters. The lowest BCUT2D eigenvalue weighted by Gasteiger charge is -2.44. The fraction of sp³-hybridized carbons (Fsp3) is 0.529. The van der Waals surface area contributed by atoms with Crippen molar-refractivity contribution in [2.24, 2.45) is 0 Å². The molecule has 1 saturated heterocycles. The monoisotopic (exact) mass is 287 g/mol. The highest BCUT2D eigenvalue weighted by Gasteiger charge is 2.43. The quantitative estimate of drug-likeness (QED) is 0.737. The normalized spacial score (nSPS) is 20.1. The Morgan fingerprint density at radius 1 is 1.24 bits per heavy atom. The Bertz CT molecular complexity index is 613. The number of hydrogen-bond acceptors (Lipinski definition) is 3. The van der Waals surface area contributed by atoms with Gasteiger partial charge in [0.05, 0.1) is 12.0 Å². The van der Waals surface area contributed by atoms with Gasteiger partial charge >= 0.3 is 0 Å². The second-order valence-corrected chi connectivity index (χ2v) is 6.28. The van der Waals surface area contributed by atoms with Crippen LogP contribution in [0.2, 0.25) is 0 Å². The van der Waals surface area contributed by atoms with Crippen LogP contribution in [0.15, 0.2) is 12.1 Å². The van der Waals surface area contributed by atoms with Gasteiger partial charge in [-0.25, -0.2) is 0 Å². The molecule has 0 bridgehead atoms. The molecule has 0 unspecified atom stereocenters. The van der Waals surface area contributed by atoms with Gasteiger partial charge in [-0.1, -0.05) is 6.07 Å². The lowest BCUT2D eigenvalue weighted by Crippen LogP contribution is -2.52. The lowest BCUT2D eigenvalue weighted by molar-refractivity contribution is -0.132. The van der Waals surface area contributed by atoms with Crippen molar-refractivity contribution in [1.82, 2.24) is 4.90 Å². The average Bonchev–Trinajstić information content (AvgIpc) is 2.44. The molecule has 1 spiro atoms. The van der Waals surface area contributed by atoms with E-state index in [0.717, 1.165) is 29.7 Å². The van der Waals surface area contributed by atoms with Crippen LogP contribution < -0.4 is 4.74 Å². The van der Waals surface area contributed by atoms with Gasteiger partial charge in [0, 0.05) is 32.9 Å². The molecule has 0 aromatic heterocycles. The van der Waals surface area contributed by atoms with E-state index in [1.54, 1.807) is 6.92 Å². The van der Waals surface area contributed by atoms with Gasteiger partial charge in [-0.2, -0.15) is 0 Å². The van der Waals surface area contributed by atoms with Gasteiger partial charge < -0.3 is 9.64 Å². The molecule has 3 rings (SSSR count). The minimum absolute atomic E-state index is 0.0967. The molecular formula is C17H21NO3. The number of amides is 1. The molecule has 2 aliphatic heterocycles. The number of ether oxygens (including phenoxy) is 1. The molecule has 2 heterocycles. The number of carbonyl (C=O) groups is 2. The highest BCUT2D eigenvalue weighted by Crippen LogP contribution is 2.41. The van der Waals surface area contributed by atoms with E-state index in [2.05, 4.69) is 0 Å². The van der Waals surface area contributed by atoms with Crippen molar-refractivity contribution in [2.75, 3.05) is 13.1 Å². The van der Waals surface area contributed by atoms with Crippen LogP contribution in [0, 0.1) is 13.8 Å². The fourth-order valence-electron chi connectivity index (χ4n) is 3.29. The van der Waals surface area contributed by atoms with Crippen molar-refractivity contribution >= 4 is 11.7 Å². The molecule has 0 radical (unpaired) electrons. The van der Waals surface area contributed by atoms with Crippen LogP contribution in [0.4, 0.5) is 0 Å². The molecule has 4 heteroatoms. The summed E-state index contributed by atoms with van der Waals surface area (Å²) in [6.07, 6.45) is 1.88. The summed E-state index contributed by atoms with van der Waals surface area (Å²) in [6.45, 7) is 6.97. The number of carbonyl (C=O) groups excluding carboxylic acids is 2. The highest BCUT2D eigenvalue weighted by atomic mass is 16.5. The molecule has 1 amide bonds. The molecule has 1 aromatic rings. The number of benzene rings is 1. The Morgan fingerprint density at radius 3 is 2.52 bits per heavy atom. The van der Waals surface area contributed by atoms with Crippen LogP contribution in [-0.4, -0.2) is 35.3 Å². The minimum atomic E-state index is -0.422. The maximum atomic E-state index is 12.5. The number of piperidine rings is 1. The first kappa shape index (κ1) is 14.1. The van der Waals surface area contributed by atoms with Crippen molar-refractivity contribution in [3.63, 3.8) is 0 Å². The number of ketones is 1. The summed E-state index contributed by atoms with van der Waals surface area (Å²) in [5.41, 5.74) is 2.47. The Morgan fingerprint density at radius 2 is 1.90 bits per heavy atom. The van der Waals surface area contributed by atoms with Crippen LogP contribution in [0.25, 0.3) is 0 Å². The number of Topliss-reactive ketones (excluding diaryl/α,β-unsaturated/α-hetero) is 1. The van der Waals surface area contributed by atoms with E-state index in [-0.39, 0.29) is 11.7 Å². The third-order valence-corrected chi connectivity index (χ3v) is 4.90. The summed E-state index contributed by atoms with van der Waals surface area (Å²) >= 11 is 0. The fourth-order valence-corrected chi connectivity index (χ4v) is 3.29. The first-order valence-electron chi connectivity index (χ1n) is 7.50. The Kier molecular flexibility index (Phi) is 3.27. The minimum Gasteiger partial charge on any atom is -0.486 e. The van der Waals surface area contributed by atoms with Gasteiger partial charge in [0.2, 0.25) is 5.91 Å². The molecule has 112 valence electrons.